The number of para-hydroxylation sites is 2. The summed E-state index contributed by atoms with van der Waals surface area (Å²) in [5.74, 6) is -0.0883. The highest BCUT2D eigenvalue weighted by atomic mass is 32.2. The van der Waals surface area contributed by atoms with Crippen molar-refractivity contribution in [2.24, 2.45) is 0 Å². The molecule has 0 saturated heterocycles. The molecule has 1 amide bonds. The molecule has 37 heavy (non-hydrogen) atoms. The molecular weight excluding hydrogens is 478 g/mol. The monoisotopic (exact) mass is 501 g/mol. The molecule has 2 heterocycles. The number of amides is 1. The lowest BCUT2D eigenvalue weighted by Gasteiger charge is -2.27. The van der Waals surface area contributed by atoms with Crippen LogP contribution in [0.3, 0.4) is 0 Å². The Morgan fingerprint density at radius 2 is 1.43 bits per heavy atom. The predicted octanol–water partition coefficient (Wildman–Crippen LogP) is 6.02. The molecule has 0 saturated carbocycles. The van der Waals surface area contributed by atoms with Gasteiger partial charge in [-0.1, -0.05) is 78.5 Å². The third kappa shape index (κ3) is 4.42. The Morgan fingerprint density at radius 1 is 0.892 bits per heavy atom. The number of benzene rings is 3. The zero-order chi connectivity index (χ0) is 25.9. The van der Waals surface area contributed by atoms with E-state index in [1.807, 2.05) is 73.7 Å². The van der Waals surface area contributed by atoms with Crippen LogP contribution in [0.4, 0.5) is 17.2 Å². The van der Waals surface area contributed by atoms with Crippen molar-refractivity contribution < 1.29 is 4.79 Å². The molecule has 0 spiro atoms. The number of nitriles is 2. The first-order valence-electron chi connectivity index (χ1n) is 11.9. The fourth-order valence-corrected chi connectivity index (χ4v) is 5.65. The van der Waals surface area contributed by atoms with Gasteiger partial charge < -0.3 is 5.73 Å². The fourth-order valence-electron chi connectivity index (χ4n) is 4.69. The van der Waals surface area contributed by atoms with Gasteiger partial charge in [0.05, 0.1) is 22.2 Å². The van der Waals surface area contributed by atoms with Crippen LogP contribution in [0, 0.1) is 22.7 Å². The Bertz CT molecular complexity index is 1540. The van der Waals surface area contributed by atoms with Gasteiger partial charge >= 0.3 is 0 Å². The van der Waals surface area contributed by atoms with Crippen LogP contribution in [-0.4, -0.2) is 16.1 Å². The first-order valence-corrected chi connectivity index (χ1v) is 12.8. The smallest absolute Gasteiger partial charge is 0.244 e. The van der Waals surface area contributed by atoms with Crippen molar-refractivity contribution in [1.29, 1.82) is 10.5 Å². The summed E-state index contributed by atoms with van der Waals surface area (Å²) in [4.78, 5) is 20.2. The molecular formula is C30H23N5OS. The number of carbonyl (C=O) groups excluding carboxylic acids is 1. The molecule has 0 aliphatic carbocycles. The van der Waals surface area contributed by atoms with Crippen LogP contribution >= 0.6 is 11.8 Å². The van der Waals surface area contributed by atoms with E-state index in [9.17, 15) is 15.3 Å². The summed E-state index contributed by atoms with van der Waals surface area (Å²) in [7, 11) is 0. The second-order valence-corrected chi connectivity index (χ2v) is 10.0. The van der Waals surface area contributed by atoms with Crippen molar-refractivity contribution in [1.82, 2.24) is 4.98 Å². The summed E-state index contributed by atoms with van der Waals surface area (Å²) < 4.78 is 0. The number of aryl methyl sites for hydroxylation is 2. The molecule has 1 unspecified atom stereocenters. The molecule has 0 radical (unpaired) electrons. The number of anilines is 3. The molecule has 1 aliphatic rings. The van der Waals surface area contributed by atoms with Crippen molar-refractivity contribution in [2.45, 2.75) is 30.0 Å². The number of rotatable bonds is 4. The summed E-state index contributed by atoms with van der Waals surface area (Å²) in [5.41, 5.74) is 11.6. The van der Waals surface area contributed by atoms with E-state index in [0.717, 1.165) is 35.3 Å². The van der Waals surface area contributed by atoms with Crippen LogP contribution in [0.1, 0.15) is 29.2 Å². The van der Waals surface area contributed by atoms with Crippen LogP contribution in [-0.2, 0) is 17.6 Å². The Kier molecular flexibility index (Phi) is 6.64. The highest BCUT2D eigenvalue weighted by Gasteiger charge is 2.31. The molecule has 1 atom stereocenters. The van der Waals surface area contributed by atoms with E-state index in [4.69, 9.17) is 5.73 Å². The van der Waals surface area contributed by atoms with Gasteiger partial charge in [0.2, 0.25) is 5.91 Å². The number of hydrogen-bond donors (Lipinski definition) is 1. The number of hydrogen-bond acceptors (Lipinski definition) is 6. The first kappa shape index (κ1) is 24.1. The third-order valence-corrected chi connectivity index (χ3v) is 7.54. The average molecular weight is 502 g/mol. The van der Waals surface area contributed by atoms with Crippen molar-refractivity contribution in [2.75, 3.05) is 10.6 Å². The molecule has 0 bridgehead atoms. The SMILES string of the molecule is CC(Sc1nc(N)c(C#N)c(-c2ccccc2)c1C#N)C(=O)N1c2ccccc2CCc2ccccc21. The van der Waals surface area contributed by atoms with Gasteiger partial charge in [-0.2, -0.15) is 10.5 Å². The van der Waals surface area contributed by atoms with Crippen molar-refractivity contribution >= 4 is 34.9 Å². The molecule has 2 N–H and O–H groups in total. The lowest BCUT2D eigenvalue weighted by Crippen LogP contribution is -2.33. The molecule has 1 aromatic heterocycles. The first-order chi connectivity index (χ1) is 18.0. The van der Waals surface area contributed by atoms with Crippen LogP contribution in [0.5, 0.6) is 0 Å². The predicted molar refractivity (Wildman–Crippen MR) is 146 cm³/mol. The zero-order valence-electron chi connectivity index (χ0n) is 20.2. The standard InChI is InChI=1S/C30H23N5OS/c1-19(30(36)35-25-13-7-5-9-20(25)15-16-21-10-6-8-14-26(21)35)37-29-24(18-32)27(22-11-3-2-4-12-22)23(17-31)28(33)34-29/h2-14,19H,15-16H2,1H3,(H2,33,34). The van der Waals surface area contributed by atoms with Gasteiger partial charge in [-0.05, 0) is 48.6 Å². The molecule has 5 rings (SSSR count). The van der Waals surface area contributed by atoms with E-state index >= 15 is 0 Å². The minimum absolute atomic E-state index is 0.0352. The number of fused-ring (bicyclic) bond motifs is 2. The van der Waals surface area contributed by atoms with E-state index in [-0.39, 0.29) is 22.9 Å². The Hall–Kier alpha value is -4.59. The molecule has 0 fully saturated rings. The van der Waals surface area contributed by atoms with E-state index in [1.54, 1.807) is 4.90 Å². The maximum Gasteiger partial charge on any atom is 0.244 e. The minimum Gasteiger partial charge on any atom is -0.383 e. The van der Waals surface area contributed by atoms with Gasteiger partial charge in [0.15, 0.2) is 0 Å². The summed E-state index contributed by atoms with van der Waals surface area (Å²) in [6.07, 6.45) is 1.68. The van der Waals surface area contributed by atoms with Gasteiger partial charge in [-0.3, -0.25) is 9.69 Å². The lowest BCUT2D eigenvalue weighted by atomic mass is 9.97. The average Bonchev–Trinajstić information content (AvgIpc) is 3.09. The van der Waals surface area contributed by atoms with Gasteiger partial charge in [0.1, 0.15) is 28.5 Å². The van der Waals surface area contributed by atoms with Crippen LogP contribution in [0.15, 0.2) is 83.9 Å². The molecule has 1 aliphatic heterocycles. The van der Waals surface area contributed by atoms with Crippen LogP contribution < -0.4 is 10.6 Å². The summed E-state index contributed by atoms with van der Waals surface area (Å²) in [6, 6.07) is 29.4. The Morgan fingerprint density at radius 3 is 2.00 bits per heavy atom. The van der Waals surface area contributed by atoms with E-state index < -0.39 is 5.25 Å². The van der Waals surface area contributed by atoms with E-state index in [1.165, 1.54) is 11.8 Å². The number of nitrogens with two attached hydrogens (primary N) is 1. The normalized spacial score (nSPS) is 12.9. The number of nitrogens with zero attached hydrogens (tertiary/aromatic N) is 4. The second-order valence-electron chi connectivity index (χ2n) is 8.71. The van der Waals surface area contributed by atoms with Gasteiger partial charge in [-0.25, -0.2) is 4.98 Å². The zero-order valence-corrected chi connectivity index (χ0v) is 21.0. The van der Waals surface area contributed by atoms with Gasteiger partial charge in [-0.15, -0.1) is 0 Å². The quantitative estimate of drug-likeness (QED) is 0.343. The third-order valence-electron chi connectivity index (χ3n) is 6.46. The molecule has 3 aromatic carbocycles. The van der Waals surface area contributed by atoms with Gasteiger partial charge in [0.25, 0.3) is 0 Å². The van der Waals surface area contributed by atoms with Gasteiger partial charge in [0, 0.05) is 5.56 Å². The highest BCUT2D eigenvalue weighted by Crippen LogP contribution is 2.40. The lowest BCUT2D eigenvalue weighted by molar-refractivity contribution is -0.117. The highest BCUT2D eigenvalue weighted by molar-refractivity contribution is 8.00. The Balaban J connectivity index is 1.58. The number of thioether (sulfide) groups is 1. The van der Waals surface area contributed by atoms with Crippen molar-refractivity contribution in [3.63, 3.8) is 0 Å². The summed E-state index contributed by atoms with van der Waals surface area (Å²) in [6.45, 7) is 1.81. The Labute approximate surface area is 220 Å². The fraction of sp³-hybridized carbons (Fsp3) is 0.133. The number of pyridine rings is 1. The minimum atomic E-state index is -0.588. The largest absolute Gasteiger partial charge is 0.383 e. The molecule has 4 aromatic rings. The van der Waals surface area contributed by atoms with Crippen LogP contribution in [0.25, 0.3) is 11.1 Å². The summed E-state index contributed by atoms with van der Waals surface area (Å²) >= 11 is 1.18. The van der Waals surface area contributed by atoms with Crippen LogP contribution in [0.2, 0.25) is 0 Å². The number of nitrogen functional groups attached to an aromatic ring is 1. The maximum atomic E-state index is 14.1. The molecule has 7 heteroatoms. The van der Waals surface area contributed by atoms with Crippen molar-refractivity contribution in [3.8, 4) is 23.3 Å². The topological polar surface area (TPSA) is 107 Å². The molecule has 180 valence electrons. The molecule has 6 nitrogen and oxygen atoms in total. The number of carbonyl (C=O) groups is 1. The number of aromatic nitrogens is 1. The maximum absolute atomic E-state index is 14.1. The summed E-state index contributed by atoms with van der Waals surface area (Å²) in [5, 5.41) is 19.6. The van der Waals surface area contributed by atoms with Crippen molar-refractivity contribution in [3.05, 3.63) is 101 Å². The van der Waals surface area contributed by atoms with E-state index in [0.29, 0.717) is 16.2 Å². The second kappa shape index (κ2) is 10.2. The van der Waals surface area contributed by atoms with E-state index in [2.05, 4.69) is 29.3 Å².